The fourth-order valence-electron chi connectivity index (χ4n) is 10.5. The summed E-state index contributed by atoms with van der Waals surface area (Å²) in [5, 5.41) is 60.1. The second-order valence-electron chi connectivity index (χ2n) is 19.5. The topological polar surface area (TPSA) is 224 Å². The van der Waals surface area contributed by atoms with E-state index in [0.717, 1.165) is 94.1 Å². The number of halogens is 2. The summed E-state index contributed by atoms with van der Waals surface area (Å²) in [5.74, 6) is 2.82. The van der Waals surface area contributed by atoms with Gasteiger partial charge in [-0.25, -0.2) is 9.97 Å². The van der Waals surface area contributed by atoms with E-state index in [4.69, 9.17) is 33.2 Å². The Hall–Kier alpha value is -9.10. The summed E-state index contributed by atoms with van der Waals surface area (Å²) >= 11 is 13.0. The van der Waals surface area contributed by atoms with Crippen LogP contribution in [0.5, 0.6) is 0 Å². The highest BCUT2D eigenvalue weighted by molar-refractivity contribution is 6.31. The molecule has 18 nitrogen and oxygen atoms in total. The minimum absolute atomic E-state index is 0.169. The molecule has 6 aromatic heterocycles. The molecule has 1 unspecified atom stereocenters. The van der Waals surface area contributed by atoms with E-state index in [1.807, 2.05) is 79.0 Å². The zero-order valence-electron chi connectivity index (χ0n) is 39.7. The second-order valence-corrected chi connectivity index (χ2v) is 20.3. The van der Waals surface area contributed by atoms with Gasteiger partial charge in [-0.2, -0.15) is 19.5 Å². The Morgan fingerprint density at radius 1 is 0.773 bits per heavy atom. The number of H-pyrrole nitrogens is 2. The number of aromatic amines is 2. The molecular formula is C55H42Cl2N16O2+2. The zero-order valence-corrected chi connectivity index (χ0v) is 41.2. The van der Waals surface area contributed by atoms with E-state index in [0.29, 0.717) is 67.3 Å². The lowest BCUT2D eigenvalue weighted by Gasteiger charge is -2.15. The molecule has 3 saturated carbocycles. The van der Waals surface area contributed by atoms with Gasteiger partial charge in [0.15, 0.2) is 12.3 Å². The predicted octanol–water partition coefficient (Wildman–Crippen LogP) is 9.75. The number of nitrogens with zero attached hydrogens (tertiary/aromatic N) is 14. The molecule has 3 aliphatic rings. The van der Waals surface area contributed by atoms with E-state index >= 15 is 0 Å². The van der Waals surface area contributed by atoms with Crippen LogP contribution in [0.15, 0.2) is 140 Å². The fourth-order valence-corrected chi connectivity index (χ4v) is 10.8. The third kappa shape index (κ3) is 8.69. The van der Waals surface area contributed by atoms with Gasteiger partial charge in [0, 0.05) is 43.2 Å². The number of pyridine rings is 2. The van der Waals surface area contributed by atoms with Crippen molar-refractivity contribution in [2.75, 3.05) is 0 Å². The minimum Gasteiger partial charge on any atom is -0.618 e. The molecule has 10 aromatic rings. The van der Waals surface area contributed by atoms with E-state index in [1.165, 1.54) is 15.7 Å². The summed E-state index contributed by atoms with van der Waals surface area (Å²) in [6.07, 6.45) is 14.6. The summed E-state index contributed by atoms with van der Waals surface area (Å²) in [4.78, 5) is 21.3. The summed E-state index contributed by atoms with van der Waals surface area (Å²) in [5.41, 5.74) is 9.59. The van der Waals surface area contributed by atoms with Crippen molar-refractivity contribution in [1.82, 2.24) is 60.4 Å². The van der Waals surface area contributed by atoms with Crippen molar-refractivity contribution >= 4 is 29.2 Å². The third-order valence-electron chi connectivity index (χ3n) is 14.7. The van der Waals surface area contributed by atoms with Crippen molar-refractivity contribution in [3.8, 4) is 68.3 Å². The van der Waals surface area contributed by atoms with Crippen LogP contribution in [0, 0.1) is 40.4 Å². The van der Waals surface area contributed by atoms with Gasteiger partial charge >= 0.3 is 5.95 Å². The summed E-state index contributed by atoms with van der Waals surface area (Å²) in [7, 11) is 0. The summed E-state index contributed by atoms with van der Waals surface area (Å²) in [6, 6.07) is 38.8. The van der Waals surface area contributed by atoms with Crippen LogP contribution in [-0.4, -0.2) is 65.6 Å². The molecule has 0 spiro atoms. The number of nitriles is 1. The molecular weight excluding hydrogens is 988 g/mol. The summed E-state index contributed by atoms with van der Waals surface area (Å²) in [6.45, 7) is 0. The van der Waals surface area contributed by atoms with Crippen molar-refractivity contribution in [1.29, 1.82) is 5.26 Å². The number of rotatable bonds is 13. The predicted molar refractivity (Wildman–Crippen MR) is 275 cm³/mol. The van der Waals surface area contributed by atoms with E-state index in [-0.39, 0.29) is 11.9 Å². The highest BCUT2D eigenvalue weighted by Gasteiger charge is 2.68. The Balaban J connectivity index is 0.745. The molecule has 3 atom stereocenters. The van der Waals surface area contributed by atoms with E-state index in [2.05, 4.69) is 58.0 Å². The minimum atomic E-state index is -0.493. The first-order valence-electron chi connectivity index (χ1n) is 24.5. The molecule has 4 aromatic carbocycles. The number of aromatic nitrogens is 14. The van der Waals surface area contributed by atoms with Crippen molar-refractivity contribution in [3.63, 3.8) is 0 Å². The number of tetrazole rings is 2. The van der Waals surface area contributed by atoms with Crippen LogP contribution in [-0.2, 0) is 5.41 Å². The number of hydrogen-bond acceptors (Lipinski definition) is 11. The maximum absolute atomic E-state index is 14.1. The van der Waals surface area contributed by atoms with Crippen molar-refractivity contribution < 1.29 is 14.7 Å². The molecule has 75 heavy (non-hydrogen) atoms. The van der Waals surface area contributed by atoms with Gasteiger partial charge < -0.3 is 15.2 Å². The van der Waals surface area contributed by atoms with E-state index in [1.54, 1.807) is 59.7 Å². The molecule has 0 saturated heterocycles. The lowest BCUT2D eigenvalue weighted by atomic mass is 9.94. The second kappa shape index (κ2) is 18.4. The lowest BCUT2D eigenvalue weighted by Crippen LogP contribution is -2.40. The molecule has 3 fully saturated rings. The van der Waals surface area contributed by atoms with Gasteiger partial charge in [0.05, 0.1) is 68.1 Å². The summed E-state index contributed by atoms with van der Waals surface area (Å²) < 4.78 is 5.19. The molecule has 0 radical (unpaired) electrons. The normalized spacial score (nSPS) is 17.3. The smallest absolute Gasteiger partial charge is 0.546 e. The molecule has 6 heterocycles. The number of nitrogens with one attached hydrogen (secondary N) is 2. The van der Waals surface area contributed by atoms with Crippen LogP contribution >= 0.6 is 23.2 Å². The molecule has 0 bridgehead atoms. The van der Waals surface area contributed by atoms with Gasteiger partial charge in [0.1, 0.15) is 35.0 Å². The first kappa shape index (κ1) is 45.7. The number of imidazole rings is 2. The van der Waals surface area contributed by atoms with Crippen LogP contribution in [0.25, 0.3) is 61.0 Å². The maximum atomic E-state index is 14.1. The Morgan fingerprint density at radius 3 is 2.15 bits per heavy atom. The highest BCUT2D eigenvalue weighted by Crippen LogP contribution is 2.65. The van der Waals surface area contributed by atoms with E-state index in [9.17, 15) is 15.7 Å². The third-order valence-corrected chi connectivity index (χ3v) is 15.2. The quantitative estimate of drug-likeness (QED) is 0.0560. The van der Waals surface area contributed by atoms with Gasteiger partial charge in [0.2, 0.25) is 17.6 Å². The average molecular weight is 1030 g/mol. The van der Waals surface area contributed by atoms with Gasteiger partial charge in [-0.15, -0.1) is 5.10 Å². The van der Waals surface area contributed by atoms with Crippen LogP contribution < -0.4 is 9.46 Å². The zero-order chi connectivity index (χ0) is 50.8. The highest BCUT2D eigenvalue weighted by atomic mass is 35.5. The molecule has 3 aliphatic carbocycles. The molecule has 13 rings (SSSR count). The molecule has 0 amide bonds. The fraction of sp³-hybridized carbons (Fsp3) is 0.200. The average Bonchev–Trinajstić information content (AvgIpc) is 4.43. The monoisotopic (exact) mass is 1030 g/mol. The molecule has 366 valence electrons. The molecule has 3 N–H and O–H groups in total. The molecule has 0 aliphatic heterocycles. The van der Waals surface area contributed by atoms with Gasteiger partial charge in [0.25, 0.3) is 0 Å². The standard InChI is InChI=1S/C55H41Cl2N16O2/c56-40-15-18-48(70-31-62-66-68-70)42(22-40)39-14-20-51(72(75)30-39)55(24-45(55)35-11-12-35)53-60-28-47(64-53)37-9-5-34(6-10-37)26-61-54-65-67-69-73(54)50-19-16-41(57)23-43(50)38-13-17-49(71(74)29-38)44(21-32-1-2-32)52-59-27-46(63-52)36-7-3-33(25-58)4-8-36/h3-10,13-20,22-23,27-32,35,44-45H,1-2,11-12,21,24H2,(H2,59,63,75)/q+1/p+1/t44-,45-,55?/m0/s1. The Bertz CT molecular complexity index is 3920. The largest absolute Gasteiger partial charge is 0.618 e. The van der Waals surface area contributed by atoms with Gasteiger partial charge in [-0.05, 0) is 138 Å². The lowest BCUT2D eigenvalue weighted by molar-refractivity contribution is -0.910. The molecule has 20 heteroatoms. The van der Waals surface area contributed by atoms with Crippen molar-refractivity contribution in [3.05, 3.63) is 195 Å². The SMILES string of the molecule is N#Cc1ccc(-c2cnc([C@@H](CC3CC3)c3ccc(-c4cc(Cl)ccc4-n4nnnc4[N+]#Cc4ccc(-c5cnc(C6(c7ccc(-c8cc(Cl)ccc8-n8cnnn8)c[n+]7O)C[C@H]6C6CC6)[nH]5)cc4)c[n+]3[O-])[nH]2)cc1. The van der Waals surface area contributed by atoms with Gasteiger partial charge in [-0.3, -0.25) is 5.21 Å². The Morgan fingerprint density at radius 2 is 1.45 bits per heavy atom. The number of hydrogen-bond donors (Lipinski definition) is 3. The van der Waals surface area contributed by atoms with Crippen LogP contribution in [0.4, 0.5) is 5.95 Å². The first-order chi connectivity index (χ1) is 36.7. The number of benzene rings is 4. The first-order valence-corrected chi connectivity index (χ1v) is 25.2. The Labute approximate surface area is 437 Å². The van der Waals surface area contributed by atoms with Crippen LogP contribution in [0.1, 0.15) is 78.6 Å². The van der Waals surface area contributed by atoms with Crippen LogP contribution in [0.3, 0.4) is 0 Å². The van der Waals surface area contributed by atoms with Crippen molar-refractivity contribution in [2.24, 2.45) is 17.8 Å². The van der Waals surface area contributed by atoms with E-state index < -0.39 is 5.41 Å². The van der Waals surface area contributed by atoms with Crippen LogP contribution in [0.2, 0.25) is 10.0 Å². The maximum Gasteiger partial charge on any atom is 0.546 e. The Kier molecular flexibility index (Phi) is 11.2. The van der Waals surface area contributed by atoms with Crippen molar-refractivity contribution in [2.45, 2.75) is 49.9 Å². The van der Waals surface area contributed by atoms with Gasteiger partial charge in [-0.1, -0.05) is 65.0 Å².